The number of hydrogen-bond acceptors (Lipinski definition) is 4. The van der Waals surface area contributed by atoms with E-state index in [1.807, 2.05) is 18.2 Å². The first-order valence-electron chi connectivity index (χ1n) is 5.57. The number of ether oxygens (including phenoxy) is 2. The largest absolute Gasteiger partial charge is 0.486 e. The van der Waals surface area contributed by atoms with Gasteiger partial charge in [-0.25, -0.2) is 0 Å². The van der Waals surface area contributed by atoms with Gasteiger partial charge in [0.15, 0.2) is 11.5 Å². The van der Waals surface area contributed by atoms with Gasteiger partial charge < -0.3 is 20.3 Å². The molecular formula is C12H17NO3. The van der Waals surface area contributed by atoms with Gasteiger partial charge in [-0.1, -0.05) is 6.07 Å². The molecule has 0 unspecified atom stereocenters. The second kappa shape index (κ2) is 5.18. The Morgan fingerprint density at radius 3 is 2.75 bits per heavy atom. The molecule has 88 valence electrons. The van der Waals surface area contributed by atoms with E-state index in [2.05, 4.69) is 0 Å². The van der Waals surface area contributed by atoms with Crippen LogP contribution in [0.3, 0.4) is 0 Å². The molecule has 0 saturated heterocycles. The summed E-state index contributed by atoms with van der Waals surface area (Å²) in [5.74, 6) is 1.55. The molecule has 1 aliphatic rings. The Labute approximate surface area is 95.0 Å². The summed E-state index contributed by atoms with van der Waals surface area (Å²) >= 11 is 0. The van der Waals surface area contributed by atoms with Crippen molar-refractivity contribution in [2.24, 2.45) is 5.73 Å². The fourth-order valence-electron chi connectivity index (χ4n) is 1.77. The summed E-state index contributed by atoms with van der Waals surface area (Å²) in [6, 6.07) is 5.72. The summed E-state index contributed by atoms with van der Waals surface area (Å²) in [4.78, 5) is 0. The molecule has 1 atom stereocenters. The van der Waals surface area contributed by atoms with Gasteiger partial charge in [0.2, 0.25) is 0 Å². The van der Waals surface area contributed by atoms with Crippen LogP contribution in [0.25, 0.3) is 0 Å². The zero-order valence-electron chi connectivity index (χ0n) is 9.19. The number of fused-ring (bicyclic) bond motifs is 1. The van der Waals surface area contributed by atoms with Crippen molar-refractivity contribution < 1.29 is 14.6 Å². The van der Waals surface area contributed by atoms with Gasteiger partial charge in [-0.2, -0.15) is 0 Å². The molecular weight excluding hydrogens is 206 g/mol. The molecule has 0 amide bonds. The molecule has 0 aromatic heterocycles. The van der Waals surface area contributed by atoms with Crippen LogP contribution in [0.4, 0.5) is 0 Å². The van der Waals surface area contributed by atoms with Crippen molar-refractivity contribution in [3.05, 3.63) is 23.8 Å². The Balaban J connectivity index is 2.10. The average molecular weight is 223 g/mol. The van der Waals surface area contributed by atoms with Crippen LogP contribution in [0.1, 0.15) is 24.4 Å². The minimum atomic E-state index is -0.0528. The highest BCUT2D eigenvalue weighted by atomic mass is 16.6. The molecule has 1 aliphatic heterocycles. The number of aliphatic hydroxyl groups is 1. The standard InChI is InChI=1S/C12H17NO3/c13-10(2-1-5-14)9-3-4-11-12(8-9)16-7-6-15-11/h3-4,8,10,14H,1-2,5-7,13H2/t10-/m1/s1. The number of rotatable bonds is 4. The van der Waals surface area contributed by atoms with E-state index in [9.17, 15) is 0 Å². The third kappa shape index (κ3) is 2.46. The van der Waals surface area contributed by atoms with Crippen LogP contribution >= 0.6 is 0 Å². The molecule has 0 fully saturated rings. The van der Waals surface area contributed by atoms with Gasteiger partial charge in [-0.05, 0) is 30.5 Å². The molecule has 4 heteroatoms. The normalized spacial score (nSPS) is 15.9. The maximum Gasteiger partial charge on any atom is 0.161 e. The van der Waals surface area contributed by atoms with Gasteiger partial charge in [0.05, 0.1) is 0 Å². The van der Waals surface area contributed by atoms with Gasteiger partial charge >= 0.3 is 0 Å². The molecule has 0 radical (unpaired) electrons. The number of nitrogens with two attached hydrogens (primary N) is 1. The maximum absolute atomic E-state index is 8.75. The summed E-state index contributed by atoms with van der Waals surface area (Å²) in [6.07, 6.45) is 1.49. The van der Waals surface area contributed by atoms with Gasteiger partial charge in [0.25, 0.3) is 0 Å². The molecule has 4 nitrogen and oxygen atoms in total. The fraction of sp³-hybridized carbons (Fsp3) is 0.500. The van der Waals surface area contributed by atoms with Crippen LogP contribution in [0, 0.1) is 0 Å². The Bertz CT molecular complexity index is 354. The molecule has 16 heavy (non-hydrogen) atoms. The van der Waals surface area contributed by atoms with Gasteiger partial charge in [0.1, 0.15) is 13.2 Å². The summed E-state index contributed by atoms with van der Waals surface area (Å²) < 4.78 is 10.9. The fourth-order valence-corrected chi connectivity index (χ4v) is 1.77. The van der Waals surface area contributed by atoms with E-state index < -0.39 is 0 Å². The van der Waals surface area contributed by atoms with E-state index in [1.165, 1.54) is 0 Å². The zero-order valence-corrected chi connectivity index (χ0v) is 9.19. The second-order valence-electron chi connectivity index (χ2n) is 3.88. The molecule has 1 heterocycles. The molecule has 1 aromatic rings. The van der Waals surface area contributed by atoms with Crippen molar-refractivity contribution in [2.45, 2.75) is 18.9 Å². The highest BCUT2D eigenvalue weighted by Crippen LogP contribution is 2.32. The maximum atomic E-state index is 8.75. The van der Waals surface area contributed by atoms with Crippen molar-refractivity contribution in [3.63, 3.8) is 0 Å². The van der Waals surface area contributed by atoms with E-state index in [0.717, 1.165) is 29.9 Å². The first kappa shape index (κ1) is 11.2. The molecule has 0 bridgehead atoms. The minimum absolute atomic E-state index is 0.0528. The third-order valence-electron chi connectivity index (χ3n) is 2.67. The second-order valence-corrected chi connectivity index (χ2v) is 3.88. The Hall–Kier alpha value is -1.26. The topological polar surface area (TPSA) is 64.7 Å². The van der Waals surface area contributed by atoms with Gasteiger partial charge in [-0.3, -0.25) is 0 Å². The van der Waals surface area contributed by atoms with E-state index in [0.29, 0.717) is 13.2 Å². The first-order valence-corrected chi connectivity index (χ1v) is 5.57. The molecule has 2 rings (SSSR count). The first-order chi connectivity index (χ1) is 7.81. The summed E-state index contributed by atoms with van der Waals surface area (Å²) in [7, 11) is 0. The molecule has 0 spiro atoms. The predicted molar refractivity (Wildman–Crippen MR) is 60.7 cm³/mol. The predicted octanol–water partition coefficient (Wildman–Crippen LogP) is 1.23. The minimum Gasteiger partial charge on any atom is -0.486 e. The van der Waals surface area contributed by atoms with Gasteiger partial charge in [0, 0.05) is 12.6 Å². The number of benzene rings is 1. The van der Waals surface area contributed by atoms with Gasteiger partial charge in [-0.15, -0.1) is 0 Å². The van der Waals surface area contributed by atoms with E-state index in [4.69, 9.17) is 20.3 Å². The lowest BCUT2D eigenvalue weighted by Gasteiger charge is -2.20. The van der Waals surface area contributed by atoms with Crippen LogP contribution in [0.15, 0.2) is 18.2 Å². The summed E-state index contributed by atoms with van der Waals surface area (Å²) in [5.41, 5.74) is 7.03. The third-order valence-corrected chi connectivity index (χ3v) is 2.67. The molecule has 0 saturated carbocycles. The summed E-state index contributed by atoms with van der Waals surface area (Å²) in [6.45, 7) is 1.36. The molecule has 3 N–H and O–H groups in total. The van der Waals surface area contributed by atoms with Crippen LogP contribution in [0.2, 0.25) is 0 Å². The lowest BCUT2D eigenvalue weighted by atomic mass is 10.0. The monoisotopic (exact) mass is 223 g/mol. The van der Waals surface area contributed by atoms with E-state index in [1.54, 1.807) is 0 Å². The Morgan fingerprint density at radius 2 is 2.00 bits per heavy atom. The lowest BCUT2D eigenvalue weighted by Crippen LogP contribution is -2.16. The van der Waals surface area contributed by atoms with Crippen molar-refractivity contribution in [1.29, 1.82) is 0 Å². The van der Waals surface area contributed by atoms with Crippen molar-refractivity contribution in [2.75, 3.05) is 19.8 Å². The quantitative estimate of drug-likeness (QED) is 0.805. The van der Waals surface area contributed by atoms with E-state index in [-0.39, 0.29) is 12.6 Å². The van der Waals surface area contributed by atoms with Crippen molar-refractivity contribution in [3.8, 4) is 11.5 Å². The SMILES string of the molecule is N[C@H](CCCO)c1ccc2c(c1)OCCO2. The van der Waals surface area contributed by atoms with Crippen LogP contribution < -0.4 is 15.2 Å². The van der Waals surface area contributed by atoms with E-state index >= 15 is 0 Å². The van der Waals surface area contributed by atoms with Crippen molar-refractivity contribution in [1.82, 2.24) is 0 Å². The van der Waals surface area contributed by atoms with Crippen LogP contribution in [-0.4, -0.2) is 24.9 Å². The Morgan fingerprint density at radius 1 is 1.25 bits per heavy atom. The number of aliphatic hydroxyl groups excluding tert-OH is 1. The highest BCUT2D eigenvalue weighted by Gasteiger charge is 2.14. The lowest BCUT2D eigenvalue weighted by molar-refractivity contribution is 0.171. The molecule has 1 aromatic carbocycles. The smallest absolute Gasteiger partial charge is 0.161 e. The molecule has 0 aliphatic carbocycles. The van der Waals surface area contributed by atoms with Crippen molar-refractivity contribution >= 4 is 0 Å². The van der Waals surface area contributed by atoms with Crippen LogP contribution in [0.5, 0.6) is 11.5 Å². The number of hydrogen-bond donors (Lipinski definition) is 2. The highest BCUT2D eigenvalue weighted by molar-refractivity contribution is 5.44. The van der Waals surface area contributed by atoms with Crippen LogP contribution in [-0.2, 0) is 0 Å². The summed E-state index contributed by atoms with van der Waals surface area (Å²) in [5, 5.41) is 8.75. The average Bonchev–Trinajstić information content (AvgIpc) is 2.35. The zero-order chi connectivity index (χ0) is 11.4. The Kier molecular flexibility index (Phi) is 3.64.